The molecule has 0 spiro atoms. The molecule has 0 aliphatic carbocycles. The lowest BCUT2D eigenvalue weighted by atomic mass is 10.0. The minimum Gasteiger partial charge on any atom is -0.497 e. The molecule has 1 saturated heterocycles. The first-order valence-corrected chi connectivity index (χ1v) is 11.4. The fourth-order valence-corrected chi connectivity index (χ4v) is 5.07. The molecule has 162 valence electrons. The summed E-state index contributed by atoms with van der Waals surface area (Å²) in [5.41, 5.74) is 2.19. The van der Waals surface area contributed by atoms with Gasteiger partial charge in [0.25, 0.3) is 0 Å². The Balaban J connectivity index is 1.50. The quantitative estimate of drug-likeness (QED) is 0.551. The Hall–Kier alpha value is -2.83. The Bertz CT molecular complexity index is 991. The first-order chi connectivity index (χ1) is 15.2. The standard InChI is InChI=1S/C25H28N2O3S/c1-29-19-12-13-20(22(16-19)30-2)21-10-6-14-27(21)17-24(28)26-25(23-11-7-15-31-23)18-8-4-3-5-9-18/h3-5,7-9,11-13,15-16,21,25H,6,10,14,17H2,1-2H3,(H,26,28)/t21-,25-/m1/s1. The number of likely N-dealkylation sites (tertiary alicyclic amines) is 1. The van der Waals surface area contributed by atoms with Gasteiger partial charge in [-0.25, -0.2) is 0 Å². The topological polar surface area (TPSA) is 50.8 Å². The molecule has 4 rings (SSSR count). The van der Waals surface area contributed by atoms with Crippen molar-refractivity contribution >= 4 is 17.2 Å². The van der Waals surface area contributed by atoms with Crippen LogP contribution in [0.15, 0.2) is 66.0 Å². The molecule has 6 heteroatoms. The third kappa shape index (κ3) is 4.92. The largest absolute Gasteiger partial charge is 0.497 e. The molecule has 2 heterocycles. The maximum atomic E-state index is 13.1. The van der Waals surface area contributed by atoms with Crippen molar-refractivity contribution in [3.63, 3.8) is 0 Å². The number of amides is 1. The summed E-state index contributed by atoms with van der Waals surface area (Å²) in [6.07, 6.45) is 2.06. The van der Waals surface area contributed by atoms with Gasteiger partial charge in [-0.15, -0.1) is 11.3 Å². The van der Waals surface area contributed by atoms with Crippen LogP contribution in [0.3, 0.4) is 0 Å². The Labute approximate surface area is 187 Å². The average Bonchev–Trinajstić information content (AvgIpc) is 3.50. The predicted octanol–water partition coefficient (Wildman–Crippen LogP) is 4.81. The average molecular weight is 437 g/mol. The summed E-state index contributed by atoms with van der Waals surface area (Å²) in [7, 11) is 3.33. The molecule has 5 nitrogen and oxygen atoms in total. The van der Waals surface area contributed by atoms with E-state index in [0.29, 0.717) is 6.54 Å². The minimum atomic E-state index is -0.134. The third-order valence-corrected chi connectivity index (χ3v) is 6.71. The van der Waals surface area contributed by atoms with Crippen molar-refractivity contribution in [1.29, 1.82) is 0 Å². The van der Waals surface area contributed by atoms with E-state index in [1.807, 2.05) is 41.8 Å². The summed E-state index contributed by atoms with van der Waals surface area (Å²) in [6, 6.07) is 20.2. The van der Waals surface area contributed by atoms with Crippen LogP contribution in [0.1, 0.15) is 40.9 Å². The van der Waals surface area contributed by atoms with Crippen LogP contribution in [0.4, 0.5) is 0 Å². The van der Waals surface area contributed by atoms with Crippen molar-refractivity contribution < 1.29 is 14.3 Å². The van der Waals surface area contributed by atoms with E-state index in [-0.39, 0.29) is 18.0 Å². The summed E-state index contributed by atoms with van der Waals surface area (Å²) in [5.74, 6) is 1.60. The zero-order chi connectivity index (χ0) is 21.6. The Morgan fingerprint density at radius 3 is 2.68 bits per heavy atom. The molecule has 1 aliphatic heterocycles. The van der Waals surface area contributed by atoms with E-state index < -0.39 is 0 Å². The highest BCUT2D eigenvalue weighted by Crippen LogP contribution is 2.38. The van der Waals surface area contributed by atoms with Gasteiger partial charge in [-0.05, 0) is 42.5 Å². The molecule has 1 aromatic heterocycles. The number of benzene rings is 2. The molecule has 0 radical (unpaired) electrons. The van der Waals surface area contributed by atoms with Gasteiger partial charge < -0.3 is 14.8 Å². The van der Waals surface area contributed by atoms with Crippen LogP contribution in [0.2, 0.25) is 0 Å². The van der Waals surface area contributed by atoms with Gasteiger partial charge in [0.1, 0.15) is 11.5 Å². The lowest BCUT2D eigenvalue weighted by Crippen LogP contribution is -2.38. The van der Waals surface area contributed by atoms with Gasteiger partial charge in [-0.1, -0.05) is 42.5 Å². The van der Waals surface area contributed by atoms with Gasteiger partial charge in [0.05, 0.1) is 26.8 Å². The zero-order valence-electron chi connectivity index (χ0n) is 17.9. The van der Waals surface area contributed by atoms with Gasteiger partial charge in [-0.2, -0.15) is 0 Å². The van der Waals surface area contributed by atoms with Crippen LogP contribution >= 0.6 is 11.3 Å². The maximum Gasteiger partial charge on any atom is 0.234 e. The van der Waals surface area contributed by atoms with E-state index in [2.05, 4.69) is 34.5 Å². The summed E-state index contributed by atoms with van der Waals surface area (Å²) in [4.78, 5) is 16.5. The zero-order valence-corrected chi connectivity index (χ0v) is 18.7. The van der Waals surface area contributed by atoms with E-state index >= 15 is 0 Å². The molecule has 1 amide bonds. The van der Waals surface area contributed by atoms with E-state index in [1.54, 1.807) is 25.6 Å². The molecule has 31 heavy (non-hydrogen) atoms. The number of rotatable bonds is 8. The number of nitrogens with one attached hydrogen (secondary N) is 1. The molecule has 2 atom stereocenters. The first-order valence-electron chi connectivity index (χ1n) is 10.5. The van der Waals surface area contributed by atoms with Crippen LogP contribution in [0.25, 0.3) is 0 Å². The van der Waals surface area contributed by atoms with Crippen molar-refractivity contribution in [2.45, 2.75) is 24.9 Å². The van der Waals surface area contributed by atoms with Gasteiger partial charge in [0, 0.05) is 22.5 Å². The molecule has 0 bridgehead atoms. The highest BCUT2D eigenvalue weighted by Gasteiger charge is 2.30. The number of thiophene rings is 1. The Morgan fingerprint density at radius 2 is 1.97 bits per heavy atom. The Kier molecular flexibility index (Phi) is 6.89. The second-order valence-corrected chi connectivity index (χ2v) is 8.64. The van der Waals surface area contributed by atoms with E-state index in [0.717, 1.165) is 46.9 Å². The molecule has 1 aliphatic rings. The van der Waals surface area contributed by atoms with Gasteiger partial charge in [-0.3, -0.25) is 9.69 Å². The van der Waals surface area contributed by atoms with Gasteiger partial charge in [0.15, 0.2) is 0 Å². The van der Waals surface area contributed by atoms with E-state index in [4.69, 9.17) is 9.47 Å². The molecule has 3 aromatic rings. The van der Waals surface area contributed by atoms with Crippen LogP contribution in [0.5, 0.6) is 11.5 Å². The van der Waals surface area contributed by atoms with Crippen LogP contribution in [-0.4, -0.2) is 38.1 Å². The van der Waals surface area contributed by atoms with Crippen LogP contribution in [0, 0.1) is 0 Å². The number of methoxy groups -OCH3 is 2. The fraction of sp³-hybridized carbons (Fsp3) is 0.320. The number of hydrogen-bond donors (Lipinski definition) is 1. The number of nitrogens with zero attached hydrogens (tertiary/aromatic N) is 1. The number of carbonyl (C=O) groups is 1. The van der Waals surface area contributed by atoms with Crippen molar-refractivity contribution in [3.8, 4) is 11.5 Å². The third-order valence-electron chi connectivity index (χ3n) is 5.78. The van der Waals surface area contributed by atoms with Crippen molar-refractivity contribution in [3.05, 3.63) is 82.0 Å². The monoisotopic (exact) mass is 436 g/mol. The smallest absolute Gasteiger partial charge is 0.234 e. The summed E-state index contributed by atoms with van der Waals surface area (Å²) in [6.45, 7) is 1.25. The maximum absolute atomic E-state index is 13.1. The van der Waals surface area contributed by atoms with Gasteiger partial charge in [0.2, 0.25) is 5.91 Å². The lowest BCUT2D eigenvalue weighted by molar-refractivity contribution is -0.123. The summed E-state index contributed by atoms with van der Waals surface area (Å²) < 4.78 is 10.9. The molecular weight excluding hydrogens is 408 g/mol. The molecule has 2 aromatic carbocycles. The number of hydrogen-bond acceptors (Lipinski definition) is 5. The summed E-state index contributed by atoms with van der Waals surface area (Å²) in [5, 5.41) is 5.31. The highest BCUT2D eigenvalue weighted by molar-refractivity contribution is 7.10. The predicted molar refractivity (Wildman–Crippen MR) is 124 cm³/mol. The van der Waals surface area contributed by atoms with Crippen LogP contribution < -0.4 is 14.8 Å². The van der Waals surface area contributed by atoms with Crippen molar-refractivity contribution in [2.24, 2.45) is 0 Å². The van der Waals surface area contributed by atoms with Gasteiger partial charge >= 0.3 is 0 Å². The highest BCUT2D eigenvalue weighted by atomic mass is 32.1. The van der Waals surface area contributed by atoms with E-state index in [1.165, 1.54) is 0 Å². The number of carbonyl (C=O) groups excluding carboxylic acids is 1. The molecule has 0 saturated carbocycles. The number of ether oxygens (including phenoxy) is 2. The first kappa shape index (κ1) is 21.4. The fourth-order valence-electron chi connectivity index (χ4n) is 4.27. The second-order valence-electron chi connectivity index (χ2n) is 7.66. The molecule has 0 unspecified atom stereocenters. The molecule has 1 N–H and O–H groups in total. The van der Waals surface area contributed by atoms with E-state index in [9.17, 15) is 4.79 Å². The SMILES string of the molecule is COc1ccc([C@H]2CCCN2CC(=O)N[C@H](c2ccccc2)c2cccs2)c(OC)c1. The molecule has 1 fully saturated rings. The normalized spacial score (nSPS) is 17.3. The van der Waals surface area contributed by atoms with Crippen molar-refractivity contribution in [1.82, 2.24) is 10.2 Å². The lowest BCUT2D eigenvalue weighted by Gasteiger charge is -2.27. The Morgan fingerprint density at radius 1 is 1.13 bits per heavy atom. The van der Waals surface area contributed by atoms with Crippen LogP contribution in [-0.2, 0) is 4.79 Å². The minimum absolute atomic E-state index is 0.0293. The summed E-state index contributed by atoms with van der Waals surface area (Å²) >= 11 is 1.66. The second kappa shape index (κ2) is 9.98. The van der Waals surface area contributed by atoms with Crippen molar-refractivity contribution in [2.75, 3.05) is 27.3 Å². The molecular formula is C25H28N2O3S.